The first-order chi connectivity index (χ1) is 19.3. The molecule has 1 heterocycles. The molecule has 1 fully saturated rings. The summed E-state index contributed by atoms with van der Waals surface area (Å²) in [6.45, 7) is -0.772. The Morgan fingerprint density at radius 2 is 1.63 bits per heavy atom. The lowest BCUT2D eigenvalue weighted by Gasteiger charge is -2.31. The van der Waals surface area contributed by atoms with Gasteiger partial charge in [0, 0.05) is 18.5 Å². The van der Waals surface area contributed by atoms with Gasteiger partial charge in [-0.2, -0.15) is 13.2 Å². The number of imide groups is 1. The van der Waals surface area contributed by atoms with Crippen LogP contribution in [0.4, 0.5) is 31.1 Å². The van der Waals surface area contributed by atoms with Crippen molar-refractivity contribution in [2.75, 3.05) is 6.54 Å². The fourth-order valence-electron chi connectivity index (χ4n) is 5.14. The number of carbonyl (C=O) groups excluding carboxylic acids is 3. The normalized spacial score (nSPS) is 19.0. The number of fused-ring (bicyclic) bond motifs is 2. The molecule has 3 aromatic rings. The second-order valence-corrected chi connectivity index (χ2v) is 9.95. The zero-order chi connectivity index (χ0) is 29.7. The summed E-state index contributed by atoms with van der Waals surface area (Å²) in [5, 5.41) is 0. The van der Waals surface area contributed by atoms with E-state index < -0.39 is 66.3 Å². The van der Waals surface area contributed by atoms with Crippen molar-refractivity contribution in [3.63, 3.8) is 0 Å². The maximum atomic E-state index is 13.7. The Morgan fingerprint density at radius 1 is 0.976 bits per heavy atom. The number of rotatable bonds is 6. The van der Waals surface area contributed by atoms with Crippen molar-refractivity contribution >= 4 is 17.9 Å². The Kier molecular flexibility index (Phi) is 7.04. The van der Waals surface area contributed by atoms with E-state index in [-0.39, 0.29) is 18.4 Å². The van der Waals surface area contributed by atoms with Gasteiger partial charge in [0.05, 0.1) is 0 Å². The van der Waals surface area contributed by atoms with E-state index >= 15 is 0 Å². The molecule has 12 heteroatoms. The van der Waals surface area contributed by atoms with Crippen LogP contribution in [0, 0.1) is 17.5 Å². The molecule has 0 bridgehead atoms. The third kappa shape index (κ3) is 5.14. The van der Waals surface area contributed by atoms with Crippen LogP contribution in [0.2, 0.25) is 0 Å². The zero-order valence-electron chi connectivity index (χ0n) is 21.5. The number of halogens is 6. The molecule has 3 aromatic carbocycles. The third-order valence-electron chi connectivity index (χ3n) is 7.43. The van der Waals surface area contributed by atoms with Crippen molar-refractivity contribution in [2.45, 2.75) is 44.1 Å². The smallest absolute Gasteiger partial charge is 0.418 e. The highest BCUT2D eigenvalue weighted by Crippen LogP contribution is 2.46. The fourth-order valence-corrected chi connectivity index (χ4v) is 5.14. The molecule has 6 nitrogen and oxygen atoms in total. The van der Waals surface area contributed by atoms with Gasteiger partial charge in [-0.15, -0.1) is 0 Å². The number of nitrogens with zero attached hydrogens (tertiary/aromatic N) is 2. The highest BCUT2D eigenvalue weighted by Gasteiger charge is 2.58. The largest absolute Gasteiger partial charge is 0.427 e. The van der Waals surface area contributed by atoms with E-state index in [9.17, 15) is 40.7 Å². The molecule has 0 unspecified atom stereocenters. The summed E-state index contributed by atoms with van der Waals surface area (Å²) in [5.41, 5.74) is 0.297. The van der Waals surface area contributed by atoms with Crippen LogP contribution in [0.15, 0.2) is 60.7 Å². The number of benzene rings is 3. The van der Waals surface area contributed by atoms with Crippen molar-refractivity contribution in [1.29, 1.82) is 0 Å². The topological polar surface area (TPSA) is 66.9 Å². The molecule has 0 N–H and O–H groups in total. The minimum absolute atomic E-state index is 0.0249. The molecule has 0 saturated carbocycles. The van der Waals surface area contributed by atoms with Gasteiger partial charge in [0.15, 0.2) is 11.6 Å². The van der Waals surface area contributed by atoms with Crippen molar-refractivity contribution < 1.29 is 45.5 Å². The zero-order valence-corrected chi connectivity index (χ0v) is 21.5. The predicted octanol–water partition coefficient (Wildman–Crippen LogP) is 5.87. The summed E-state index contributed by atoms with van der Waals surface area (Å²) in [7, 11) is 0. The molecule has 3 amide bonds. The predicted molar refractivity (Wildman–Crippen MR) is 132 cm³/mol. The molecule has 2 aliphatic rings. The maximum Gasteiger partial charge on any atom is 0.418 e. The van der Waals surface area contributed by atoms with Crippen molar-refractivity contribution in [1.82, 2.24) is 9.80 Å². The van der Waals surface area contributed by atoms with Crippen LogP contribution in [0.3, 0.4) is 0 Å². The van der Waals surface area contributed by atoms with Crippen LogP contribution < -0.4 is 0 Å². The van der Waals surface area contributed by atoms with Gasteiger partial charge >= 0.3 is 12.3 Å². The minimum atomic E-state index is -4.82. The summed E-state index contributed by atoms with van der Waals surface area (Å²) in [5.74, 6) is -4.70. The van der Waals surface area contributed by atoms with Crippen LogP contribution in [0.1, 0.15) is 30.0 Å². The van der Waals surface area contributed by atoms with Crippen LogP contribution in [-0.2, 0) is 32.9 Å². The molecular weight excluding hydrogens is 554 g/mol. The van der Waals surface area contributed by atoms with E-state index in [0.29, 0.717) is 32.1 Å². The highest BCUT2D eigenvalue weighted by atomic mass is 19.4. The SMILES string of the molecule is C[C@H](N(Cc1ccc(F)cc1)C(=O)CN1C(=O)O[C@@]2(CCc3cc(-c4ccc(F)c(F)c4)ccc32)C1=O)C(F)(F)F. The molecule has 1 aliphatic heterocycles. The molecular formula is C29H22F6N2O4. The number of aryl methyl sites for hydroxylation is 1. The summed E-state index contributed by atoms with van der Waals surface area (Å²) in [4.78, 5) is 40.4. The Bertz CT molecular complexity index is 1540. The van der Waals surface area contributed by atoms with E-state index in [2.05, 4.69) is 0 Å². The van der Waals surface area contributed by atoms with Crippen LogP contribution in [-0.4, -0.2) is 46.5 Å². The van der Waals surface area contributed by atoms with Gasteiger partial charge in [0.1, 0.15) is 18.4 Å². The lowest BCUT2D eigenvalue weighted by molar-refractivity contribution is -0.187. The first-order valence-corrected chi connectivity index (χ1v) is 12.5. The first kappa shape index (κ1) is 28.2. The Balaban J connectivity index is 1.39. The van der Waals surface area contributed by atoms with Gasteiger partial charge in [-0.25, -0.2) is 22.9 Å². The molecule has 41 heavy (non-hydrogen) atoms. The minimum Gasteiger partial charge on any atom is -0.427 e. The van der Waals surface area contributed by atoms with Crippen LogP contribution in [0.25, 0.3) is 11.1 Å². The van der Waals surface area contributed by atoms with E-state index in [1.165, 1.54) is 24.3 Å². The monoisotopic (exact) mass is 576 g/mol. The van der Waals surface area contributed by atoms with E-state index in [1.54, 1.807) is 12.1 Å². The Morgan fingerprint density at radius 3 is 2.29 bits per heavy atom. The fraction of sp³-hybridized carbons (Fsp3) is 0.276. The maximum absolute atomic E-state index is 13.7. The quantitative estimate of drug-likeness (QED) is 0.345. The van der Waals surface area contributed by atoms with Gasteiger partial charge in [0.2, 0.25) is 11.5 Å². The molecule has 1 spiro atoms. The van der Waals surface area contributed by atoms with Crippen LogP contribution >= 0.6 is 0 Å². The number of alkyl halides is 3. The summed E-state index contributed by atoms with van der Waals surface area (Å²) in [6, 6.07) is 10.4. The molecule has 0 aromatic heterocycles. The first-order valence-electron chi connectivity index (χ1n) is 12.5. The summed E-state index contributed by atoms with van der Waals surface area (Å²) >= 11 is 0. The van der Waals surface area contributed by atoms with E-state index in [1.807, 2.05) is 0 Å². The molecule has 2 atom stereocenters. The molecule has 5 rings (SSSR count). The second-order valence-electron chi connectivity index (χ2n) is 9.95. The van der Waals surface area contributed by atoms with Gasteiger partial charge in [-0.05, 0) is 59.9 Å². The van der Waals surface area contributed by atoms with Crippen molar-refractivity contribution in [2.24, 2.45) is 0 Å². The lowest BCUT2D eigenvalue weighted by Crippen LogP contribution is -2.51. The Labute approximate surface area is 230 Å². The van der Waals surface area contributed by atoms with E-state index in [4.69, 9.17) is 4.74 Å². The molecule has 1 aliphatic carbocycles. The van der Waals surface area contributed by atoms with Gasteiger partial charge in [-0.3, -0.25) is 9.59 Å². The van der Waals surface area contributed by atoms with Crippen molar-refractivity contribution in [3.8, 4) is 11.1 Å². The molecule has 1 saturated heterocycles. The van der Waals surface area contributed by atoms with Gasteiger partial charge < -0.3 is 9.64 Å². The van der Waals surface area contributed by atoms with Crippen molar-refractivity contribution in [3.05, 3.63) is 94.8 Å². The number of hydrogen-bond donors (Lipinski definition) is 0. The second kappa shape index (κ2) is 10.2. The standard InChI is InChI=1S/C29H22F6N2O4/c1-16(29(33,34)35)36(14-17-2-6-21(30)7-3-17)25(38)15-37-26(39)28(41-27(37)40)11-10-20-12-18(4-8-22(20)28)19-5-9-23(31)24(32)13-19/h2-9,12-13,16H,10-11,14-15H2,1H3/t16-,28+/m0/s1. The number of hydrogen-bond acceptors (Lipinski definition) is 4. The van der Waals surface area contributed by atoms with Crippen LogP contribution in [0.5, 0.6) is 0 Å². The van der Waals surface area contributed by atoms with Gasteiger partial charge in [0.25, 0.3) is 5.91 Å². The average Bonchev–Trinajstić information content (AvgIpc) is 3.40. The van der Waals surface area contributed by atoms with E-state index in [0.717, 1.165) is 31.2 Å². The average molecular weight is 576 g/mol. The third-order valence-corrected chi connectivity index (χ3v) is 7.43. The summed E-state index contributed by atoms with van der Waals surface area (Å²) < 4.78 is 86.8. The number of amides is 3. The number of ether oxygens (including phenoxy) is 1. The van der Waals surface area contributed by atoms with Gasteiger partial charge in [-0.1, -0.05) is 36.4 Å². The number of carbonyl (C=O) groups is 3. The summed E-state index contributed by atoms with van der Waals surface area (Å²) in [6.07, 6.45) is -5.70. The Hall–Kier alpha value is -4.35. The molecule has 0 radical (unpaired) electrons. The molecule has 214 valence electrons. The highest BCUT2D eigenvalue weighted by molar-refractivity contribution is 6.06. The lowest BCUT2D eigenvalue weighted by atomic mass is 9.93.